The minimum absolute atomic E-state index is 0.119. The number of amides is 1. The zero-order valence-corrected chi connectivity index (χ0v) is 16.0. The lowest BCUT2D eigenvalue weighted by Gasteiger charge is -2.35. The van der Waals surface area contributed by atoms with E-state index in [1.54, 1.807) is 11.0 Å². The highest BCUT2D eigenvalue weighted by Crippen LogP contribution is 2.22. The SMILES string of the molecule is CC[C@H]1CCCCN1C(=O)CS(=O)(=O)Cc1coc(-c2cccc(F)c2)n1. The van der Waals surface area contributed by atoms with Crippen molar-refractivity contribution < 1.29 is 22.0 Å². The Labute approximate surface area is 158 Å². The van der Waals surface area contributed by atoms with E-state index in [4.69, 9.17) is 4.42 Å². The molecule has 0 saturated carbocycles. The molecule has 1 aromatic carbocycles. The van der Waals surface area contributed by atoms with Gasteiger partial charge in [0.25, 0.3) is 0 Å². The molecule has 1 atom stereocenters. The van der Waals surface area contributed by atoms with Gasteiger partial charge in [0.2, 0.25) is 11.8 Å². The Morgan fingerprint density at radius 1 is 1.37 bits per heavy atom. The standard InChI is InChI=1S/C19H23FN2O4S/c1-2-17-8-3-4-9-22(17)18(23)13-27(24,25)12-16-11-26-19(21-16)14-6-5-7-15(20)10-14/h5-7,10-11,17H,2-4,8-9,12-13H2,1H3/t17-/m0/s1. The molecule has 0 aliphatic carbocycles. The number of rotatable bonds is 6. The second-order valence-corrected chi connectivity index (χ2v) is 8.90. The Bertz CT molecular complexity index is 910. The fourth-order valence-corrected chi connectivity index (χ4v) is 4.66. The molecule has 1 aliphatic rings. The summed E-state index contributed by atoms with van der Waals surface area (Å²) in [5.74, 6) is -1.56. The van der Waals surface area contributed by atoms with Gasteiger partial charge in [-0.25, -0.2) is 17.8 Å². The van der Waals surface area contributed by atoms with Crippen molar-refractivity contribution in [2.45, 2.75) is 44.4 Å². The molecule has 0 radical (unpaired) electrons. The van der Waals surface area contributed by atoms with Crippen LogP contribution < -0.4 is 0 Å². The minimum Gasteiger partial charge on any atom is -0.444 e. The maximum absolute atomic E-state index is 13.3. The Morgan fingerprint density at radius 3 is 2.93 bits per heavy atom. The Kier molecular flexibility index (Phi) is 5.94. The fraction of sp³-hybridized carbons (Fsp3) is 0.474. The van der Waals surface area contributed by atoms with Gasteiger partial charge in [0.1, 0.15) is 17.8 Å². The topological polar surface area (TPSA) is 80.5 Å². The van der Waals surface area contributed by atoms with Gasteiger partial charge in [-0.05, 0) is 43.9 Å². The van der Waals surface area contributed by atoms with Crippen LogP contribution in [0.5, 0.6) is 0 Å². The zero-order chi connectivity index (χ0) is 19.4. The number of nitrogens with zero attached hydrogens (tertiary/aromatic N) is 2. The third kappa shape index (κ3) is 4.94. The average Bonchev–Trinajstić information content (AvgIpc) is 3.09. The fourth-order valence-electron chi connectivity index (χ4n) is 3.43. The summed E-state index contributed by atoms with van der Waals surface area (Å²) in [6.45, 7) is 2.62. The van der Waals surface area contributed by atoms with Crippen LogP contribution in [0.4, 0.5) is 4.39 Å². The minimum atomic E-state index is -3.68. The molecule has 6 nitrogen and oxygen atoms in total. The molecule has 1 fully saturated rings. The Balaban J connectivity index is 1.67. The molecule has 1 saturated heterocycles. The van der Waals surface area contributed by atoms with E-state index >= 15 is 0 Å². The third-order valence-electron chi connectivity index (χ3n) is 4.75. The Hall–Kier alpha value is -2.22. The van der Waals surface area contributed by atoms with Crippen LogP contribution in [-0.2, 0) is 20.4 Å². The summed E-state index contributed by atoms with van der Waals surface area (Å²) >= 11 is 0. The number of oxazole rings is 1. The van der Waals surface area contributed by atoms with Crippen LogP contribution in [0, 0.1) is 5.82 Å². The van der Waals surface area contributed by atoms with Crippen LogP contribution in [0.3, 0.4) is 0 Å². The largest absolute Gasteiger partial charge is 0.444 e. The molecule has 2 heterocycles. The molecule has 0 N–H and O–H groups in total. The van der Waals surface area contributed by atoms with Gasteiger partial charge in [0.05, 0.1) is 11.4 Å². The number of piperidine rings is 1. The number of hydrogen-bond acceptors (Lipinski definition) is 5. The van der Waals surface area contributed by atoms with E-state index in [2.05, 4.69) is 4.98 Å². The molecular formula is C19H23FN2O4S. The zero-order valence-electron chi connectivity index (χ0n) is 15.2. The molecule has 1 aliphatic heterocycles. The van der Waals surface area contributed by atoms with Gasteiger partial charge in [-0.3, -0.25) is 4.79 Å². The van der Waals surface area contributed by atoms with Crippen molar-refractivity contribution in [2.75, 3.05) is 12.3 Å². The van der Waals surface area contributed by atoms with E-state index in [0.29, 0.717) is 12.1 Å². The van der Waals surface area contributed by atoms with Gasteiger partial charge < -0.3 is 9.32 Å². The van der Waals surface area contributed by atoms with Gasteiger partial charge in [0, 0.05) is 18.2 Å². The number of benzene rings is 1. The third-order valence-corrected chi connectivity index (χ3v) is 6.18. The number of hydrogen-bond donors (Lipinski definition) is 0. The first-order valence-corrected chi connectivity index (χ1v) is 10.9. The average molecular weight is 394 g/mol. The summed E-state index contributed by atoms with van der Waals surface area (Å²) in [6.07, 6.45) is 4.95. The summed E-state index contributed by atoms with van der Waals surface area (Å²) in [6, 6.07) is 5.82. The van der Waals surface area contributed by atoms with Crippen molar-refractivity contribution >= 4 is 15.7 Å². The Morgan fingerprint density at radius 2 is 2.19 bits per heavy atom. The normalized spacial score (nSPS) is 17.9. The quantitative estimate of drug-likeness (QED) is 0.752. The molecule has 146 valence electrons. The van der Waals surface area contributed by atoms with E-state index in [1.807, 2.05) is 6.92 Å². The van der Waals surface area contributed by atoms with Crippen molar-refractivity contribution in [1.29, 1.82) is 0 Å². The molecular weight excluding hydrogens is 371 g/mol. The number of halogens is 1. The number of sulfone groups is 1. The second-order valence-electron chi connectivity index (χ2n) is 6.83. The molecule has 0 unspecified atom stereocenters. The maximum atomic E-state index is 13.3. The highest BCUT2D eigenvalue weighted by atomic mass is 32.2. The van der Waals surface area contributed by atoms with Crippen molar-refractivity contribution in [3.05, 3.63) is 42.0 Å². The van der Waals surface area contributed by atoms with Crippen LogP contribution >= 0.6 is 0 Å². The predicted molar refractivity (Wildman–Crippen MR) is 99.0 cm³/mol. The molecule has 2 aromatic rings. The van der Waals surface area contributed by atoms with Gasteiger partial charge in [0.15, 0.2) is 9.84 Å². The molecule has 3 rings (SSSR count). The van der Waals surface area contributed by atoms with Crippen LogP contribution in [0.2, 0.25) is 0 Å². The molecule has 0 bridgehead atoms. The molecule has 0 spiro atoms. The van der Waals surface area contributed by atoms with Crippen LogP contribution in [0.15, 0.2) is 34.9 Å². The molecule has 8 heteroatoms. The number of aromatic nitrogens is 1. The summed E-state index contributed by atoms with van der Waals surface area (Å²) in [5.41, 5.74) is 0.626. The molecule has 1 amide bonds. The predicted octanol–water partition coefficient (Wildman–Crippen LogP) is 3.19. The maximum Gasteiger partial charge on any atom is 0.238 e. The van der Waals surface area contributed by atoms with Crippen molar-refractivity contribution in [2.24, 2.45) is 0 Å². The summed E-state index contributed by atoms with van der Waals surface area (Å²) in [4.78, 5) is 18.3. The first kappa shape index (κ1) is 19.5. The first-order valence-electron chi connectivity index (χ1n) is 9.08. The van der Waals surface area contributed by atoms with E-state index < -0.39 is 21.4 Å². The van der Waals surface area contributed by atoms with Gasteiger partial charge in [-0.1, -0.05) is 13.0 Å². The lowest BCUT2D eigenvalue weighted by molar-refractivity contribution is -0.132. The first-order chi connectivity index (χ1) is 12.9. The number of carbonyl (C=O) groups is 1. The van der Waals surface area contributed by atoms with Gasteiger partial charge >= 0.3 is 0 Å². The highest BCUT2D eigenvalue weighted by molar-refractivity contribution is 7.91. The van der Waals surface area contributed by atoms with Gasteiger partial charge in [-0.15, -0.1) is 0 Å². The van der Waals surface area contributed by atoms with Crippen LogP contribution in [0.25, 0.3) is 11.5 Å². The van der Waals surface area contributed by atoms with E-state index in [1.165, 1.54) is 24.5 Å². The lowest BCUT2D eigenvalue weighted by Crippen LogP contribution is -2.45. The van der Waals surface area contributed by atoms with Crippen molar-refractivity contribution in [1.82, 2.24) is 9.88 Å². The van der Waals surface area contributed by atoms with Crippen LogP contribution in [0.1, 0.15) is 38.3 Å². The lowest BCUT2D eigenvalue weighted by atomic mass is 10.0. The van der Waals surface area contributed by atoms with E-state index in [9.17, 15) is 17.6 Å². The summed E-state index contributed by atoms with van der Waals surface area (Å²) < 4.78 is 43.5. The monoisotopic (exact) mass is 394 g/mol. The number of likely N-dealkylation sites (tertiary alicyclic amines) is 1. The molecule has 27 heavy (non-hydrogen) atoms. The van der Waals surface area contributed by atoms with Crippen molar-refractivity contribution in [3.8, 4) is 11.5 Å². The van der Waals surface area contributed by atoms with E-state index in [-0.39, 0.29) is 29.3 Å². The molecule has 1 aromatic heterocycles. The van der Waals surface area contributed by atoms with Gasteiger partial charge in [-0.2, -0.15) is 0 Å². The van der Waals surface area contributed by atoms with Crippen molar-refractivity contribution in [3.63, 3.8) is 0 Å². The van der Waals surface area contributed by atoms with Crippen LogP contribution in [-0.4, -0.2) is 42.5 Å². The smallest absolute Gasteiger partial charge is 0.238 e. The summed E-state index contributed by atoms with van der Waals surface area (Å²) in [7, 11) is -3.68. The number of carbonyl (C=O) groups excluding carboxylic acids is 1. The van der Waals surface area contributed by atoms with E-state index in [0.717, 1.165) is 25.7 Å². The highest BCUT2D eigenvalue weighted by Gasteiger charge is 2.29. The second kappa shape index (κ2) is 8.21. The summed E-state index contributed by atoms with van der Waals surface area (Å²) in [5, 5.41) is 0.